The molecule has 0 amide bonds. The fourth-order valence-electron chi connectivity index (χ4n) is 3.28. The van der Waals surface area contributed by atoms with E-state index in [9.17, 15) is 0 Å². The number of halogens is 1. The largest absolute Gasteiger partial charge is 0.396 e. The second-order valence-electron chi connectivity index (χ2n) is 5.28. The van der Waals surface area contributed by atoms with Crippen molar-refractivity contribution < 1.29 is 8.85 Å². The molecule has 0 radical (unpaired) electrons. The summed E-state index contributed by atoms with van der Waals surface area (Å²) in [6.45, 7) is 7.58. The van der Waals surface area contributed by atoms with E-state index in [2.05, 4.69) is 19.1 Å². The zero-order valence-corrected chi connectivity index (χ0v) is 12.9. The average molecular weight is 275 g/mol. The molecule has 4 unspecified atom stereocenters. The first kappa shape index (κ1) is 13.6. The van der Waals surface area contributed by atoms with Crippen molar-refractivity contribution in [3.63, 3.8) is 0 Å². The van der Waals surface area contributed by atoms with Crippen LogP contribution in [-0.2, 0) is 8.85 Å². The Morgan fingerprint density at radius 1 is 1.24 bits per heavy atom. The van der Waals surface area contributed by atoms with Crippen LogP contribution in [-0.4, -0.2) is 27.0 Å². The Hall–Kier alpha value is 0.167. The summed E-state index contributed by atoms with van der Waals surface area (Å²) in [7, 11) is -1.80. The summed E-state index contributed by atoms with van der Waals surface area (Å²) in [4.78, 5) is 0. The minimum Gasteiger partial charge on any atom is -0.396 e. The smallest absolute Gasteiger partial charge is 0.343 e. The van der Waals surface area contributed by atoms with Crippen LogP contribution in [0.3, 0.4) is 0 Å². The van der Waals surface area contributed by atoms with Gasteiger partial charge in [-0.3, -0.25) is 0 Å². The van der Waals surface area contributed by atoms with Gasteiger partial charge in [0.2, 0.25) is 0 Å². The van der Waals surface area contributed by atoms with E-state index in [4.69, 9.17) is 20.5 Å². The Morgan fingerprint density at radius 2 is 1.88 bits per heavy atom. The fourth-order valence-corrected chi connectivity index (χ4v) is 6.00. The molecule has 0 N–H and O–H groups in total. The summed E-state index contributed by atoms with van der Waals surface area (Å²) in [6.07, 6.45) is 7.20. The summed E-state index contributed by atoms with van der Waals surface area (Å²) in [5, 5.41) is 0. The van der Waals surface area contributed by atoms with Gasteiger partial charge in [0.1, 0.15) is 0 Å². The average Bonchev–Trinajstić information content (AvgIpc) is 2.90. The van der Waals surface area contributed by atoms with Gasteiger partial charge in [-0.25, -0.2) is 0 Å². The second kappa shape index (κ2) is 5.43. The van der Waals surface area contributed by atoms with Gasteiger partial charge in [-0.15, -0.1) is 11.6 Å². The molecule has 4 heteroatoms. The van der Waals surface area contributed by atoms with Gasteiger partial charge in [-0.2, -0.15) is 0 Å². The maximum atomic E-state index is 6.84. The normalized spacial score (nSPS) is 34.5. The lowest BCUT2D eigenvalue weighted by Gasteiger charge is -2.37. The van der Waals surface area contributed by atoms with E-state index >= 15 is 0 Å². The highest BCUT2D eigenvalue weighted by Gasteiger charge is 2.51. The molecule has 0 spiro atoms. The van der Waals surface area contributed by atoms with Crippen molar-refractivity contribution in [2.45, 2.75) is 38.1 Å². The molecular weight excluding hydrogens is 252 g/mol. The van der Waals surface area contributed by atoms with E-state index in [1.54, 1.807) is 0 Å². The zero-order chi connectivity index (χ0) is 12.5. The van der Waals surface area contributed by atoms with Crippen LogP contribution in [0.5, 0.6) is 0 Å². The molecule has 0 saturated heterocycles. The van der Waals surface area contributed by atoms with E-state index < -0.39 is 9.28 Å². The number of fused-ring (bicyclic) bond motifs is 2. The third kappa shape index (κ3) is 2.62. The van der Waals surface area contributed by atoms with Gasteiger partial charge >= 0.3 is 9.28 Å². The number of rotatable bonds is 6. The lowest BCUT2D eigenvalue weighted by atomic mass is 9.90. The van der Waals surface area contributed by atoms with E-state index in [1.807, 2.05) is 13.8 Å². The van der Waals surface area contributed by atoms with Crippen molar-refractivity contribution in [3.05, 3.63) is 12.2 Å². The van der Waals surface area contributed by atoms with Crippen molar-refractivity contribution >= 4 is 20.9 Å². The van der Waals surface area contributed by atoms with Crippen molar-refractivity contribution in [2.24, 2.45) is 17.8 Å². The molecule has 1 fully saturated rings. The summed E-state index contributed by atoms with van der Waals surface area (Å²) in [5.41, 5.74) is 0. The van der Waals surface area contributed by atoms with Gasteiger partial charge < -0.3 is 8.85 Å². The fraction of sp³-hybridized carbons (Fsp3) is 0.846. The molecule has 0 aromatic heterocycles. The molecule has 1 saturated carbocycles. The molecule has 2 bridgehead atoms. The summed E-state index contributed by atoms with van der Waals surface area (Å²) >= 11 is 6.84. The molecule has 0 aromatic rings. The standard InChI is InChI=1S/C13H23ClO2Si/c1-4-15-17(16-5-2)13(3,14)12-9-10-6-7-11(12)8-10/h6-7,10-12,17H,4-5,8-9H2,1-3H3. The molecule has 2 aliphatic rings. The second-order valence-corrected chi connectivity index (χ2v) is 8.99. The van der Waals surface area contributed by atoms with Crippen molar-refractivity contribution in [2.75, 3.05) is 13.2 Å². The molecule has 4 atom stereocenters. The van der Waals surface area contributed by atoms with Crippen molar-refractivity contribution in [3.8, 4) is 0 Å². The minimum atomic E-state index is -1.80. The molecule has 0 heterocycles. The van der Waals surface area contributed by atoms with Crippen LogP contribution >= 0.6 is 11.6 Å². The molecule has 98 valence electrons. The predicted octanol–water partition coefficient (Wildman–Crippen LogP) is 3.03. The third-order valence-electron chi connectivity index (χ3n) is 4.10. The molecular formula is C13H23ClO2Si. The lowest BCUT2D eigenvalue weighted by Crippen LogP contribution is -2.50. The Kier molecular flexibility index (Phi) is 4.34. The van der Waals surface area contributed by atoms with Crippen LogP contribution in [0, 0.1) is 17.8 Å². The molecule has 2 nitrogen and oxygen atoms in total. The van der Waals surface area contributed by atoms with E-state index in [-0.39, 0.29) is 4.50 Å². The van der Waals surface area contributed by atoms with Gasteiger partial charge in [-0.1, -0.05) is 12.2 Å². The molecule has 17 heavy (non-hydrogen) atoms. The van der Waals surface area contributed by atoms with Crippen molar-refractivity contribution in [1.29, 1.82) is 0 Å². The van der Waals surface area contributed by atoms with E-state index in [0.717, 1.165) is 5.92 Å². The topological polar surface area (TPSA) is 18.5 Å². The van der Waals surface area contributed by atoms with Crippen LogP contribution < -0.4 is 0 Å². The van der Waals surface area contributed by atoms with Crippen LogP contribution in [0.25, 0.3) is 0 Å². The first-order valence-electron chi connectivity index (χ1n) is 6.70. The number of allylic oxidation sites excluding steroid dienone is 2. The number of hydrogen-bond acceptors (Lipinski definition) is 2. The van der Waals surface area contributed by atoms with Crippen LogP contribution in [0.1, 0.15) is 33.6 Å². The van der Waals surface area contributed by atoms with Gasteiger partial charge in [0, 0.05) is 13.2 Å². The van der Waals surface area contributed by atoms with Crippen molar-refractivity contribution in [1.82, 2.24) is 0 Å². The SMILES string of the molecule is CCO[SiH](OCC)C(C)(Cl)C1CC2C=CC1C2. The quantitative estimate of drug-likeness (QED) is 0.421. The van der Waals surface area contributed by atoms with E-state index in [1.165, 1.54) is 12.8 Å². The van der Waals surface area contributed by atoms with Gasteiger partial charge in [0.25, 0.3) is 0 Å². The summed E-state index contributed by atoms with van der Waals surface area (Å²) in [5.74, 6) is 1.94. The maximum Gasteiger partial charge on any atom is 0.343 e. The maximum absolute atomic E-state index is 6.84. The van der Waals surface area contributed by atoms with Gasteiger partial charge in [0.15, 0.2) is 0 Å². The highest BCUT2D eigenvalue weighted by molar-refractivity contribution is 6.62. The third-order valence-corrected chi connectivity index (χ3v) is 7.54. The molecule has 0 aromatic carbocycles. The number of hydrogen-bond donors (Lipinski definition) is 0. The van der Waals surface area contributed by atoms with E-state index in [0.29, 0.717) is 25.0 Å². The lowest BCUT2D eigenvalue weighted by molar-refractivity contribution is 0.185. The first-order valence-corrected chi connectivity index (χ1v) is 8.59. The van der Waals surface area contributed by atoms with Crippen LogP contribution in [0.2, 0.25) is 0 Å². The molecule has 2 rings (SSSR count). The molecule has 0 aliphatic heterocycles. The summed E-state index contributed by atoms with van der Waals surface area (Å²) in [6, 6.07) is 0. The minimum absolute atomic E-state index is 0.282. The highest BCUT2D eigenvalue weighted by Crippen LogP contribution is 2.51. The van der Waals surface area contributed by atoms with Crippen LogP contribution in [0.15, 0.2) is 12.2 Å². The first-order chi connectivity index (χ1) is 8.09. The highest BCUT2D eigenvalue weighted by atomic mass is 35.5. The molecule has 2 aliphatic carbocycles. The summed E-state index contributed by atoms with van der Waals surface area (Å²) < 4.78 is 11.4. The monoisotopic (exact) mass is 274 g/mol. The van der Waals surface area contributed by atoms with Crippen LogP contribution in [0.4, 0.5) is 0 Å². The Labute approximate surface area is 111 Å². The van der Waals surface area contributed by atoms with Gasteiger partial charge in [-0.05, 0) is 51.4 Å². The zero-order valence-electron chi connectivity index (χ0n) is 11.0. The Morgan fingerprint density at radius 3 is 2.29 bits per heavy atom. The Bertz CT molecular complexity index is 287. The number of alkyl halides is 1. The predicted molar refractivity (Wildman–Crippen MR) is 73.5 cm³/mol. The Balaban J connectivity index is 2.07. The van der Waals surface area contributed by atoms with Gasteiger partial charge in [0.05, 0.1) is 4.50 Å².